The molecule has 0 amide bonds. The summed E-state index contributed by atoms with van der Waals surface area (Å²) in [6.07, 6.45) is 3.78. The molecule has 3 heteroatoms. The van der Waals surface area contributed by atoms with Crippen molar-refractivity contribution in [2.75, 3.05) is 7.11 Å². The van der Waals surface area contributed by atoms with Gasteiger partial charge < -0.3 is 9.26 Å². The Kier molecular flexibility index (Phi) is 1.78. The smallest absolute Gasteiger partial charge is 0.170 e. The van der Waals surface area contributed by atoms with Crippen LogP contribution >= 0.6 is 0 Å². The molecule has 0 unspecified atom stereocenters. The Morgan fingerprint density at radius 3 is 3.13 bits per heavy atom. The standard InChI is InChI=1S/C12H11NO2/c1-14-11-4-2-3-10-9(11)6-5-8-7-13-15-12(8)10/h2-4,7H,5-6H2,1H3. The number of hydrogen-bond donors (Lipinski definition) is 0. The van der Waals surface area contributed by atoms with E-state index in [9.17, 15) is 0 Å². The zero-order chi connectivity index (χ0) is 10.3. The van der Waals surface area contributed by atoms with Crippen LogP contribution in [0.15, 0.2) is 28.9 Å². The number of methoxy groups -OCH3 is 1. The number of aryl methyl sites for hydroxylation is 1. The number of fused-ring (bicyclic) bond motifs is 3. The Morgan fingerprint density at radius 2 is 2.27 bits per heavy atom. The molecule has 1 aromatic heterocycles. The second kappa shape index (κ2) is 3.12. The number of rotatable bonds is 1. The van der Waals surface area contributed by atoms with E-state index in [4.69, 9.17) is 9.26 Å². The van der Waals surface area contributed by atoms with Crippen LogP contribution in [0.1, 0.15) is 11.1 Å². The Morgan fingerprint density at radius 1 is 1.33 bits per heavy atom. The van der Waals surface area contributed by atoms with Crippen LogP contribution in [0.2, 0.25) is 0 Å². The summed E-state index contributed by atoms with van der Waals surface area (Å²) in [5.74, 6) is 1.84. The molecule has 0 fully saturated rings. The van der Waals surface area contributed by atoms with E-state index in [1.807, 2.05) is 12.1 Å². The van der Waals surface area contributed by atoms with Gasteiger partial charge in [-0.3, -0.25) is 0 Å². The third kappa shape index (κ3) is 1.16. The van der Waals surface area contributed by atoms with Crippen LogP contribution in [-0.4, -0.2) is 12.3 Å². The second-order valence-corrected chi connectivity index (χ2v) is 3.67. The van der Waals surface area contributed by atoms with Crippen LogP contribution < -0.4 is 4.74 Å². The van der Waals surface area contributed by atoms with E-state index in [-0.39, 0.29) is 0 Å². The Bertz CT molecular complexity index is 502. The van der Waals surface area contributed by atoms with Crippen molar-refractivity contribution in [2.45, 2.75) is 12.8 Å². The number of hydrogen-bond acceptors (Lipinski definition) is 3. The fourth-order valence-corrected chi connectivity index (χ4v) is 2.15. The molecular formula is C12H11NO2. The van der Waals surface area contributed by atoms with Crippen LogP contribution in [0.25, 0.3) is 11.3 Å². The van der Waals surface area contributed by atoms with Crippen LogP contribution in [0.4, 0.5) is 0 Å². The largest absolute Gasteiger partial charge is 0.496 e. The summed E-state index contributed by atoms with van der Waals surface area (Å²) in [5, 5.41) is 3.84. The highest BCUT2D eigenvalue weighted by atomic mass is 16.5. The van der Waals surface area contributed by atoms with Gasteiger partial charge in [0.05, 0.1) is 13.3 Å². The van der Waals surface area contributed by atoms with Crippen molar-refractivity contribution >= 4 is 0 Å². The molecule has 2 aromatic rings. The fraction of sp³-hybridized carbons (Fsp3) is 0.250. The molecule has 0 spiro atoms. The SMILES string of the molecule is COc1cccc2c1CCc1cnoc1-2. The lowest BCUT2D eigenvalue weighted by molar-refractivity contribution is 0.407. The highest BCUT2D eigenvalue weighted by Gasteiger charge is 2.22. The van der Waals surface area contributed by atoms with Gasteiger partial charge >= 0.3 is 0 Å². The van der Waals surface area contributed by atoms with E-state index in [2.05, 4.69) is 11.2 Å². The molecule has 1 heterocycles. The van der Waals surface area contributed by atoms with Gasteiger partial charge in [-0.1, -0.05) is 17.3 Å². The van der Waals surface area contributed by atoms with Gasteiger partial charge in [0.1, 0.15) is 5.75 Å². The van der Waals surface area contributed by atoms with Gasteiger partial charge in [-0.15, -0.1) is 0 Å². The normalized spacial score (nSPS) is 13.1. The number of ether oxygens (including phenoxy) is 1. The maximum absolute atomic E-state index is 5.34. The minimum atomic E-state index is 0.898. The third-order valence-electron chi connectivity index (χ3n) is 2.89. The highest BCUT2D eigenvalue weighted by molar-refractivity contribution is 5.70. The monoisotopic (exact) mass is 201 g/mol. The molecule has 1 aliphatic rings. The van der Waals surface area contributed by atoms with Crippen LogP contribution in [0, 0.1) is 0 Å². The topological polar surface area (TPSA) is 35.3 Å². The molecule has 0 saturated carbocycles. The van der Waals surface area contributed by atoms with Crippen molar-refractivity contribution in [3.05, 3.63) is 35.5 Å². The molecule has 0 N–H and O–H groups in total. The zero-order valence-corrected chi connectivity index (χ0v) is 8.49. The molecule has 1 aromatic carbocycles. The number of aromatic nitrogens is 1. The predicted molar refractivity (Wildman–Crippen MR) is 55.9 cm³/mol. The van der Waals surface area contributed by atoms with Gasteiger partial charge in [-0.25, -0.2) is 0 Å². The summed E-state index contributed by atoms with van der Waals surface area (Å²) in [5.41, 5.74) is 3.54. The van der Waals surface area contributed by atoms with E-state index in [1.165, 1.54) is 11.1 Å². The molecular weight excluding hydrogens is 190 g/mol. The van der Waals surface area contributed by atoms with Gasteiger partial charge in [-0.2, -0.15) is 0 Å². The van der Waals surface area contributed by atoms with E-state index in [0.29, 0.717) is 0 Å². The van der Waals surface area contributed by atoms with Crippen LogP contribution in [0.3, 0.4) is 0 Å². The van der Waals surface area contributed by atoms with E-state index in [1.54, 1.807) is 13.3 Å². The summed E-state index contributed by atoms with van der Waals surface area (Å²) in [6, 6.07) is 6.02. The predicted octanol–water partition coefficient (Wildman–Crippen LogP) is 2.45. The number of benzene rings is 1. The zero-order valence-electron chi connectivity index (χ0n) is 8.49. The molecule has 15 heavy (non-hydrogen) atoms. The second-order valence-electron chi connectivity index (χ2n) is 3.67. The minimum Gasteiger partial charge on any atom is -0.496 e. The molecule has 0 saturated heterocycles. The van der Waals surface area contributed by atoms with Gasteiger partial charge in [0.2, 0.25) is 0 Å². The molecule has 0 atom stereocenters. The van der Waals surface area contributed by atoms with E-state index < -0.39 is 0 Å². The molecule has 3 rings (SSSR count). The average Bonchev–Trinajstić information content (AvgIpc) is 2.76. The lowest BCUT2D eigenvalue weighted by Gasteiger charge is -2.16. The molecule has 0 bridgehead atoms. The summed E-state index contributed by atoms with van der Waals surface area (Å²) in [6.45, 7) is 0. The first kappa shape index (κ1) is 8.53. The van der Waals surface area contributed by atoms with Crippen molar-refractivity contribution in [3.8, 4) is 17.1 Å². The quantitative estimate of drug-likeness (QED) is 0.710. The van der Waals surface area contributed by atoms with Crippen LogP contribution in [0.5, 0.6) is 5.75 Å². The molecule has 3 nitrogen and oxygen atoms in total. The first-order valence-corrected chi connectivity index (χ1v) is 5.00. The Balaban J connectivity index is 2.25. The molecule has 0 aliphatic heterocycles. The van der Waals surface area contributed by atoms with Crippen molar-refractivity contribution < 1.29 is 9.26 Å². The van der Waals surface area contributed by atoms with Gasteiger partial charge in [0.15, 0.2) is 5.76 Å². The maximum Gasteiger partial charge on any atom is 0.170 e. The first-order chi connectivity index (χ1) is 7.40. The van der Waals surface area contributed by atoms with E-state index >= 15 is 0 Å². The van der Waals surface area contributed by atoms with E-state index in [0.717, 1.165) is 29.9 Å². The Hall–Kier alpha value is -1.77. The number of nitrogens with zero attached hydrogens (tertiary/aromatic N) is 1. The Labute approximate surface area is 87.7 Å². The lowest BCUT2D eigenvalue weighted by Crippen LogP contribution is -2.03. The van der Waals surface area contributed by atoms with Crippen molar-refractivity contribution in [1.82, 2.24) is 5.16 Å². The van der Waals surface area contributed by atoms with Crippen LogP contribution in [-0.2, 0) is 12.8 Å². The van der Waals surface area contributed by atoms with Gasteiger partial charge in [-0.05, 0) is 18.9 Å². The minimum absolute atomic E-state index is 0.898. The molecule has 76 valence electrons. The van der Waals surface area contributed by atoms with Crippen molar-refractivity contribution in [3.63, 3.8) is 0 Å². The van der Waals surface area contributed by atoms with Crippen molar-refractivity contribution in [2.24, 2.45) is 0 Å². The van der Waals surface area contributed by atoms with Crippen molar-refractivity contribution in [1.29, 1.82) is 0 Å². The lowest BCUT2D eigenvalue weighted by atomic mass is 9.90. The first-order valence-electron chi connectivity index (χ1n) is 5.00. The highest BCUT2D eigenvalue weighted by Crippen LogP contribution is 2.37. The summed E-state index contributed by atoms with van der Waals surface area (Å²) < 4.78 is 10.6. The fourth-order valence-electron chi connectivity index (χ4n) is 2.15. The summed E-state index contributed by atoms with van der Waals surface area (Å²) in [7, 11) is 1.70. The summed E-state index contributed by atoms with van der Waals surface area (Å²) in [4.78, 5) is 0. The average molecular weight is 201 g/mol. The maximum atomic E-state index is 5.34. The molecule has 0 radical (unpaired) electrons. The molecule has 1 aliphatic carbocycles. The van der Waals surface area contributed by atoms with Gasteiger partial charge in [0.25, 0.3) is 0 Å². The third-order valence-corrected chi connectivity index (χ3v) is 2.89. The van der Waals surface area contributed by atoms with Gasteiger partial charge in [0, 0.05) is 16.7 Å². The summed E-state index contributed by atoms with van der Waals surface area (Å²) >= 11 is 0.